The van der Waals surface area contributed by atoms with Crippen LogP contribution in [0.4, 0.5) is 0 Å². The topological polar surface area (TPSA) is 53.5 Å². The maximum Gasteiger partial charge on any atom is 0.238 e. The van der Waals surface area contributed by atoms with Crippen LogP contribution < -0.4 is 0 Å². The highest BCUT2D eigenvalue weighted by molar-refractivity contribution is 6.29. The van der Waals surface area contributed by atoms with E-state index in [0.29, 0.717) is 17.6 Å². The Morgan fingerprint density at radius 2 is 0.640 bits per heavy atom. The van der Waals surface area contributed by atoms with Crippen LogP contribution in [0.5, 0.6) is 0 Å². The van der Waals surface area contributed by atoms with Crippen LogP contribution in [0.25, 0.3) is 149 Å². The molecule has 0 saturated carbocycles. The molecule has 0 N–H and O–H groups in total. The number of nitrogens with zero attached hydrogens (tertiary/aromatic N) is 6. The van der Waals surface area contributed by atoms with Crippen molar-refractivity contribution in [3.63, 3.8) is 0 Å². The molecule has 0 aliphatic carbocycles. The van der Waals surface area contributed by atoms with Gasteiger partial charge in [-0.05, 0) is 110 Å². The zero-order valence-electron chi connectivity index (χ0n) is 40.4. The molecule has 75 heavy (non-hydrogen) atoms. The number of fused-ring (bicyclic) bond motifs is 16. The highest BCUT2D eigenvalue weighted by Crippen LogP contribution is 2.44. The molecule has 0 fully saturated rings. The van der Waals surface area contributed by atoms with Gasteiger partial charge >= 0.3 is 0 Å². The first kappa shape index (κ1) is 41.4. The summed E-state index contributed by atoms with van der Waals surface area (Å²) in [4.78, 5) is 16.0. The second kappa shape index (κ2) is 16.2. The average Bonchev–Trinajstić information content (AvgIpc) is 4.21. The van der Waals surface area contributed by atoms with Crippen LogP contribution in [-0.4, -0.2) is 28.7 Å². The molecule has 0 unspecified atom stereocenters. The van der Waals surface area contributed by atoms with E-state index >= 15 is 0 Å². The van der Waals surface area contributed by atoms with Crippen molar-refractivity contribution in [2.75, 3.05) is 0 Å². The molecule has 0 radical (unpaired) electrons. The monoisotopic (exact) mass is 954 g/mol. The minimum Gasteiger partial charge on any atom is -0.309 e. The Bertz CT molecular complexity index is 4970. The Hall–Kier alpha value is -10.2. The third kappa shape index (κ3) is 6.24. The van der Waals surface area contributed by atoms with Gasteiger partial charge in [0.1, 0.15) is 0 Å². The average molecular weight is 955 g/mol. The lowest BCUT2D eigenvalue weighted by atomic mass is 9.92. The minimum absolute atomic E-state index is 0.556. The zero-order chi connectivity index (χ0) is 49.1. The molecular weight excluding hydrogens is 913 g/mol. The van der Waals surface area contributed by atoms with E-state index in [1.54, 1.807) is 0 Å². The summed E-state index contributed by atoms with van der Waals surface area (Å²) < 4.78 is 7.01. The molecule has 0 atom stereocenters. The Morgan fingerprint density at radius 1 is 0.213 bits per heavy atom. The van der Waals surface area contributed by atoms with Crippen LogP contribution in [-0.2, 0) is 0 Å². The molecule has 4 heterocycles. The molecule has 16 rings (SSSR count). The smallest absolute Gasteiger partial charge is 0.238 e. The van der Waals surface area contributed by atoms with Gasteiger partial charge in [-0.3, -0.25) is 4.57 Å². The molecule has 12 aromatic carbocycles. The Kier molecular flexibility index (Phi) is 8.94. The fourth-order valence-electron chi connectivity index (χ4n) is 12.2. The fraction of sp³-hybridized carbons (Fsp3) is 0. The molecule has 0 aliphatic heterocycles. The Morgan fingerprint density at radius 3 is 1.31 bits per heavy atom. The number of hydrogen-bond acceptors (Lipinski definition) is 3. The van der Waals surface area contributed by atoms with Gasteiger partial charge in [0.15, 0.2) is 11.6 Å². The summed E-state index contributed by atoms with van der Waals surface area (Å²) >= 11 is 0. The largest absolute Gasteiger partial charge is 0.309 e. The van der Waals surface area contributed by atoms with E-state index in [4.69, 9.17) is 15.0 Å². The Balaban J connectivity index is 0.900. The molecule has 6 heteroatoms. The summed E-state index contributed by atoms with van der Waals surface area (Å²) in [6.07, 6.45) is 0. The molecule has 0 aliphatic rings. The van der Waals surface area contributed by atoms with E-state index in [1.807, 2.05) is 18.2 Å². The Labute approximate surface area is 430 Å². The van der Waals surface area contributed by atoms with Gasteiger partial charge < -0.3 is 9.13 Å². The van der Waals surface area contributed by atoms with Crippen molar-refractivity contribution >= 4 is 97.7 Å². The van der Waals surface area contributed by atoms with Gasteiger partial charge in [-0.15, -0.1) is 0 Å². The van der Waals surface area contributed by atoms with Crippen molar-refractivity contribution in [1.29, 1.82) is 0 Å². The highest BCUT2D eigenvalue weighted by Gasteiger charge is 2.24. The van der Waals surface area contributed by atoms with Gasteiger partial charge in [0, 0.05) is 54.8 Å². The summed E-state index contributed by atoms with van der Waals surface area (Å²) in [6, 6.07) is 91.6. The number of para-hydroxylation sites is 4. The summed E-state index contributed by atoms with van der Waals surface area (Å²) in [5, 5.41) is 14.6. The van der Waals surface area contributed by atoms with Crippen molar-refractivity contribution in [2.24, 2.45) is 0 Å². The van der Waals surface area contributed by atoms with Crippen molar-refractivity contribution in [3.8, 4) is 51.2 Å². The quantitative estimate of drug-likeness (QED) is 0.156. The fourth-order valence-corrected chi connectivity index (χ4v) is 12.2. The third-order valence-electron chi connectivity index (χ3n) is 15.5. The van der Waals surface area contributed by atoms with E-state index in [1.165, 1.54) is 59.4 Å². The molecule has 0 amide bonds. The minimum atomic E-state index is 0.556. The SMILES string of the molecule is c1ccc(-c2nc(-c3ccc4c5ccccc5n(-c5ccccc5)c4c3)nc(-n3c4ccccc4c4c5c6ccccc6n(-c6cccc(-c7ccc8c9ccccc9c9ccccc9c8c7)c6)c5ccc43)n2)cc1. The van der Waals surface area contributed by atoms with Crippen LogP contribution in [0.15, 0.2) is 255 Å². The summed E-state index contributed by atoms with van der Waals surface area (Å²) in [5.74, 6) is 1.76. The molecule has 0 spiro atoms. The van der Waals surface area contributed by atoms with E-state index in [0.717, 1.165) is 71.9 Å². The van der Waals surface area contributed by atoms with Gasteiger partial charge in [-0.1, -0.05) is 188 Å². The number of rotatable bonds is 6. The maximum absolute atomic E-state index is 5.45. The lowest BCUT2D eigenvalue weighted by Crippen LogP contribution is -2.06. The van der Waals surface area contributed by atoms with E-state index in [2.05, 4.69) is 250 Å². The van der Waals surface area contributed by atoms with Crippen LogP contribution >= 0.6 is 0 Å². The van der Waals surface area contributed by atoms with Crippen molar-refractivity contribution < 1.29 is 0 Å². The van der Waals surface area contributed by atoms with Gasteiger partial charge in [0.25, 0.3) is 0 Å². The molecule has 16 aromatic rings. The third-order valence-corrected chi connectivity index (χ3v) is 15.5. The lowest BCUT2D eigenvalue weighted by molar-refractivity contribution is 0.953. The lowest BCUT2D eigenvalue weighted by Gasteiger charge is -2.13. The highest BCUT2D eigenvalue weighted by atomic mass is 15.2. The maximum atomic E-state index is 5.45. The summed E-state index contributed by atoms with van der Waals surface area (Å²) in [7, 11) is 0. The number of aromatic nitrogens is 6. The zero-order valence-corrected chi connectivity index (χ0v) is 40.4. The van der Waals surface area contributed by atoms with Crippen LogP contribution in [0, 0.1) is 0 Å². The molecule has 348 valence electrons. The summed E-state index contributed by atoms with van der Waals surface area (Å²) in [5.41, 5.74) is 12.9. The van der Waals surface area contributed by atoms with Crippen LogP contribution in [0.1, 0.15) is 0 Å². The molecular formula is C69H42N6. The van der Waals surface area contributed by atoms with E-state index in [9.17, 15) is 0 Å². The molecule has 0 saturated heterocycles. The van der Waals surface area contributed by atoms with Crippen molar-refractivity contribution in [1.82, 2.24) is 28.7 Å². The predicted molar refractivity (Wildman–Crippen MR) is 312 cm³/mol. The number of benzene rings is 12. The predicted octanol–water partition coefficient (Wildman–Crippen LogP) is 17.6. The molecule has 6 nitrogen and oxygen atoms in total. The van der Waals surface area contributed by atoms with Gasteiger partial charge in [-0.2, -0.15) is 9.97 Å². The van der Waals surface area contributed by atoms with Gasteiger partial charge in [-0.25, -0.2) is 4.98 Å². The summed E-state index contributed by atoms with van der Waals surface area (Å²) in [6.45, 7) is 0. The van der Waals surface area contributed by atoms with Crippen molar-refractivity contribution in [2.45, 2.75) is 0 Å². The van der Waals surface area contributed by atoms with Gasteiger partial charge in [0.05, 0.1) is 33.1 Å². The first-order chi connectivity index (χ1) is 37.2. The first-order valence-corrected chi connectivity index (χ1v) is 25.5. The van der Waals surface area contributed by atoms with E-state index in [-0.39, 0.29) is 0 Å². The molecule has 0 bridgehead atoms. The van der Waals surface area contributed by atoms with Crippen molar-refractivity contribution in [3.05, 3.63) is 255 Å². The van der Waals surface area contributed by atoms with Crippen LogP contribution in [0.3, 0.4) is 0 Å². The second-order valence-corrected chi connectivity index (χ2v) is 19.5. The normalized spacial score (nSPS) is 12.0. The van der Waals surface area contributed by atoms with Crippen LogP contribution in [0.2, 0.25) is 0 Å². The standard InChI is InChI=1S/C69H42N6/c1-3-18-43(19-4-1)67-70-68(46-35-37-55-54-28-11-14-31-59(54)73(64(55)42-46)47-21-5-2-6-22-47)72-69(71-67)75-61-33-16-13-30-57(61)66-63(75)39-38-62-65(66)56-29-12-15-32-60(56)74(62)48-23-17-20-44(40-48)45-34-36-53-51-26-8-7-24-49(51)50-25-9-10-27-52(50)58(53)41-45/h1-42H. The molecule has 4 aromatic heterocycles. The van der Waals surface area contributed by atoms with E-state index < -0.39 is 0 Å². The van der Waals surface area contributed by atoms with Gasteiger partial charge in [0.2, 0.25) is 5.95 Å². The number of hydrogen-bond donors (Lipinski definition) is 0. The second-order valence-electron chi connectivity index (χ2n) is 19.5. The first-order valence-electron chi connectivity index (χ1n) is 25.5.